The molecule has 0 spiro atoms. The third kappa shape index (κ3) is 4.72. The van der Waals surface area contributed by atoms with Crippen molar-refractivity contribution in [2.24, 2.45) is 0 Å². The minimum atomic E-state index is -0.166. The van der Waals surface area contributed by atoms with Gasteiger partial charge in [0.1, 0.15) is 0 Å². The summed E-state index contributed by atoms with van der Waals surface area (Å²) >= 11 is 3.36. The van der Waals surface area contributed by atoms with Crippen LogP contribution in [0.15, 0.2) is 29.2 Å². The van der Waals surface area contributed by atoms with Crippen molar-refractivity contribution >= 4 is 34.3 Å². The first-order valence-electron chi connectivity index (χ1n) is 7.93. The number of thiazole rings is 1. The van der Waals surface area contributed by atoms with Gasteiger partial charge in [-0.2, -0.15) is 0 Å². The van der Waals surface area contributed by atoms with E-state index in [2.05, 4.69) is 46.8 Å². The molecule has 0 bridgehead atoms. The number of hydrogen-bond donors (Lipinski definition) is 2. The Labute approximate surface area is 145 Å². The van der Waals surface area contributed by atoms with E-state index < -0.39 is 0 Å². The number of aromatic nitrogens is 1. The maximum absolute atomic E-state index is 11.9. The molecule has 1 aromatic carbocycles. The molecule has 2 amide bonds. The molecular weight excluding hydrogens is 326 g/mol. The van der Waals surface area contributed by atoms with Gasteiger partial charge >= 0.3 is 6.03 Å². The lowest BCUT2D eigenvalue weighted by atomic mass is 10.0. The van der Waals surface area contributed by atoms with E-state index in [-0.39, 0.29) is 6.03 Å². The Balaban J connectivity index is 1.39. The summed E-state index contributed by atoms with van der Waals surface area (Å²) in [6.45, 7) is 2.71. The molecule has 2 aromatic rings. The van der Waals surface area contributed by atoms with E-state index in [0.717, 1.165) is 23.7 Å². The van der Waals surface area contributed by atoms with E-state index in [1.165, 1.54) is 33.9 Å². The Hall–Kier alpha value is -1.53. The van der Waals surface area contributed by atoms with Gasteiger partial charge in [-0.25, -0.2) is 9.78 Å². The molecule has 0 atom stereocenters. The van der Waals surface area contributed by atoms with Gasteiger partial charge in [0.15, 0.2) is 5.13 Å². The fourth-order valence-corrected chi connectivity index (χ4v) is 4.33. The number of urea groups is 1. The molecule has 1 heterocycles. The van der Waals surface area contributed by atoms with Gasteiger partial charge in [-0.15, -0.1) is 23.1 Å². The molecule has 23 heavy (non-hydrogen) atoms. The number of benzene rings is 1. The largest absolute Gasteiger partial charge is 0.337 e. The summed E-state index contributed by atoms with van der Waals surface area (Å²) in [7, 11) is 0. The Morgan fingerprint density at radius 3 is 2.83 bits per heavy atom. The molecule has 4 nitrogen and oxygen atoms in total. The van der Waals surface area contributed by atoms with Gasteiger partial charge in [-0.1, -0.05) is 17.7 Å². The smallest absolute Gasteiger partial charge is 0.321 e. The van der Waals surface area contributed by atoms with E-state index in [1.807, 2.05) is 0 Å². The van der Waals surface area contributed by atoms with E-state index >= 15 is 0 Å². The minimum absolute atomic E-state index is 0.166. The second kappa shape index (κ2) is 7.84. The number of nitrogens with one attached hydrogen (secondary N) is 2. The number of amides is 2. The third-order valence-corrected chi connectivity index (χ3v) is 5.83. The Morgan fingerprint density at radius 2 is 2.04 bits per heavy atom. The van der Waals surface area contributed by atoms with Crippen molar-refractivity contribution in [1.29, 1.82) is 0 Å². The molecule has 6 heteroatoms. The molecule has 1 aromatic heterocycles. The monoisotopic (exact) mass is 347 g/mol. The highest BCUT2D eigenvalue weighted by atomic mass is 32.2. The second-order valence-corrected chi connectivity index (χ2v) is 7.89. The minimum Gasteiger partial charge on any atom is -0.337 e. The standard InChI is InChI=1S/C17H21N3OS2/c1-12-6-8-13(9-7-12)22-11-10-18-16(21)20-17-19-14-4-2-3-5-15(14)23-17/h6-9H,2-5,10-11H2,1H3,(H2,18,19,20,21). The van der Waals surface area contributed by atoms with Crippen LogP contribution >= 0.6 is 23.1 Å². The number of carbonyl (C=O) groups is 1. The van der Waals surface area contributed by atoms with Crippen LogP contribution in [0.5, 0.6) is 0 Å². The lowest BCUT2D eigenvalue weighted by molar-refractivity contribution is 0.252. The Bertz CT molecular complexity index is 643. The van der Waals surface area contributed by atoms with Crippen LogP contribution in [0.25, 0.3) is 0 Å². The summed E-state index contributed by atoms with van der Waals surface area (Å²) in [6.07, 6.45) is 4.58. The van der Waals surface area contributed by atoms with Crippen LogP contribution in [0.2, 0.25) is 0 Å². The van der Waals surface area contributed by atoms with Crippen LogP contribution in [-0.4, -0.2) is 23.3 Å². The summed E-state index contributed by atoms with van der Waals surface area (Å²) in [5, 5.41) is 6.47. The van der Waals surface area contributed by atoms with Crippen LogP contribution in [0.3, 0.4) is 0 Å². The average molecular weight is 348 g/mol. The fourth-order valence-electron chi connectivity index (χ4n) is 2.51. The zero-order valence-corrected chi connectivity index (χ0v) is 14.9. The molecule has 3 rings (SSSR count). The fraction of sp³-hybridized carbons (Fsp3) is 0.412. The highest BCUT2D eigenvalue weighted by Crippen LogP contribution is 2.29. The first kappa shape index (κ1) is 16.3. The third-order valence-electron chi connectivity index (χ3n) is 3.74. The summed E-state index contributed by atoms with van der Waals surface area (Å²) in [4.78, 5) is 19.0. The molecule has 122 valence electrons. The topological polar surface area (TPSA) is 54.0 Å². The zero-order chi connectivity index (χ0) is 16.1. The van der Waals surface area contributed by atoms with Gasteiger partial charge in [-0.3, -0.25) is 5.32 Å². The summed E-state index contributed by atoms with van der Waals surface area (Å²) in [6, 6.07) is 8.26. The van der Waals surface area contributed by atoms with Crippen molar-refractivity contribution in [3.05, 3.63) is 40.4 Å². The Kier molecular flexibility index (Phi) is 5.56. The normalized spacial score (nSPS) is 13.4. The van der Waals surface area contributed by atoms with Gasteiger partial charge in [0.25, 0.3) is 0 Å². The number of hydrogen-bond acceptors (Lipinski definition) is 4. The number of anilines is 1. The van der Waals surface area contributed by atoms with Crippen molar-refractivity contribution in [2.45, 2.75) is 37.5 Å². The molecule has 0 saturated carbocycles. The molecular formula is C17H21N3OS2. The number of nitrogens with zero attached hydrogens (tertiary/aromatic N) is 1. The van der Waals surface area contributed by atoms with E-state index in [0.29, 0.717) is 6.54 Å². The molecule has 0 saturated heterocycles. The molecule has 1 aliphatic carbocycles. The molecule has 2 N–H and O–H groups in total. The van der Waals surface area contributed by atoms with Crippen molar-refractivity contribution < 1.29 is 4.79 Å². The predicted octanol–water partition coefficient (Wildman–Crippen LogP) is 4.24. The quantitative estimate of drug-likeness (QED) is 0.628. The number of fused-ring (bicyclic) bond motifs is 1. The first-order chi connectivity index (χ1) is 11.2. The average Bonchev–Trinajstić information content (AvgIpc) is 2.95. The molecule has 0 fully saturated rings. The number of carbonyl (C=O) groups excluding carboxylic acids is 1. The van der Waals surface area contributed by atoms with Gasteiger partial charge < -0.3 is 5.32 Å². The lowest BCUT2D eigenvalue weighted by Crippen LogP contribution is -2.30. The molecule has 1 aliphatic rings. The van der Waals surface area contributed by atoms with Crippen LogP contribution in [0.1, 0.15) is 29.0 Å². The lowest BCUT2D eigenvalue weighted by Gasteiger charge is -2.06. The highest BCUT2D eigenvalue weighted by molar-refractivity contribution is 7.99. The highest BCUT2D eigenvalue weighted by Gasteiger charge is 2.16. The molecule has 0 unspecified atom stereocenters. The van der Waals surface area contributed by atoms with Crippen LogP contribution in [0, 0.1) is 6.92 Å². The van der Waals surface area contributed by atoms with Crippen LogP contribution < -0.4 is 10.6 Å². The van der Waals surface area contributed by atoms with Gasteiger partial charge in [0, 0.05) is 22.1 Å². The zero-order valence-electron chi connectivity index (χ0n) is 13.2. The van der Waals surface area contributed by atoms with E-state index in [9.17, 15) is 4.79 Å². The van der Waals surface area contributed by atoms with Gasteiger partial charge in [0.2, 0.25) is 0 Å². The van der Waals surface area contributed by atoms with Crippen LogP contribution in [-0.2, 0) is 12.8 Å². The summed E-state index contributed by atoms with van der Waals surface area (Å²) < 4.78 is 0. The van der Waals surface area contributed by atoms with Gasteiger partial charge in [0.05, 0.1) is 5.69 Å². The second-order valence-electron chi connectivity index (χ2n) is 5.64. The first-order valence-corrected chi connectivity index (χ1v) is 9.74. The maximum Gasteiger partial charge on any atom is 0.321 e. The maximum atomic E-state index is 11.9. The summed E-state index contributed by atoms with van der Waals surface area (Å²) in [5.74, 6) is 0.852. The van der Waals surface area contributed by atoms with E-state index in [4.69, 9.17) is 0 Å². The number of rotatable bonds is 5. The molecule has 0 radical (unpaired) electrons. The SMILES string of the molecule is Cc1ccc(SCCNC(=O)Nc2nc3c(s2)CCCC3)cc1. The predicted molar refractivity (Wildman–Crippen MR) is 97.7 cm³/mol. The van der Waals surface area contributed by atoms with E-state index in [1.54, 1.807) is 23.1 Å². The van der Waals surface area contributed by atoms with Crippen molar-refractivity contribution in [3.63, 3.8) is 0 Å². The van der Waals surface area contributed by atoms with Gasteiger partial charge in [-0.05, 0) is 44.7 Å². The summed E-state index contributed by atoms with van der Waals surface area (Å²) in [5.41, 5.74) is 2.43. The van der Waals surface area contributed by atoms with Crippen molar-refractivity contribution in [3.8, 4) is 0 Å². The van der Waals surface area contributed by atoms with Crippen molar-refractivity contribution in [1.82, 2.24) is 10.3 Å². The van der Waals surface area contributed by atoms with Crippen LogP contribution in [0.4, 0.5) is 9.93 Å². The van der Waals surface area contributed by atoms with Crippen molar-refractivity contribution in [2.75, 3.05) is 17.6 Å². The molecule has 0 aliphatic heterocycles. The number of aryl methyl sites for hydroxylation is 3. The number of thioether (sulfide) groups is 1. The Morgan fingerprint density at radius 1 is 1.26 bits per heavy atom.